The third kappa shape index (κ3) is 15.0. The lowest BCUT2D eigenvalue weighted by atomic mass is 10.1. The van der Waals surface area contributed by atoms with Crippen molar-refractivity contribution in [3.63, 3.8) is 0 Å². The first-order valence-corrected chi connectivity index (χ1v) is 8.21. The number of carboxylic acid groups (broad SMARTS) is 1. The molecule has 0 aliphatic carbocycles. The lowest BCUT2D eigenvalue weighted by Gasteiger charge is -2.04. The number of aliphatic carboxylic acids is 1. The molecule has 0 unspecified atom stereocenters. The number of hydrogen-bond donors (Lipinski definition) is 2. The van der Waals surface area contributed by atoms with Gasteiger partial charge in [-0.3, -0.25) is 10.1 Å². The van der Waals surface area contributed by atoms with Gasteiger partial charge in [0.05, 0.1) is 0 Å². The quantitative estimate of drug-likeness (QED) is 0.153. The fraction of sp³-hybridized carbons (Fsp3) is 0.611. The molecule has 0 radical (unpaired) electrons. The average molecular weight is 310 g/mol. The van der Waals surface area contributed by atoms with E-state index in [0.717, 1.165) is 19.3 Å². The molecule has 0 rings (SSSR count). The Bertz CT molecular complexity index is 345. The number of rotatable bonds is 14. The van der Waals surface area contributed by atoms with Gasteiger partial charge in [-0.15, -0.1) is 0 Å². The number of carboxylic acids is 1. The topological polar surface area (TPSA) is 66.8 Å². The molecule has 0 amide bonds. The zero-order chi connectivity index (χ0) is 16.5. The summed E-state index contributed by atoms with van der Waals surface area (Å²) in [6.07, 6.45) is 19.5. The van der Waals surface area contributed by atoms with Crippen molar-refractivity contribution in [2.75, 3.05) is 0 Å². The smallest absolute Gasteiger partial charge is 0.303 e. The summed E-state index contributed by atoms with van der Waals surface area (Å²) in [5.74, 6) is -0.741. The third-order valence-electron chi connectivity index (χ3n) is 3.23. The molecule has 126 valence electrons. The van der Waals surface area contributed by atoms with E-state index in [2.05, 4.69) is 17.9 Å². The molecule has 4 heteroatoms. The van der Waals surface area contributed by atoms with Crippen LogP contribution in [-0.4, -0.2) is 22.4 Å². The largest absolute Gasteiger partial charge is 0.481 e. The molecule has 0 saturated heterocycles. The Morgan fingerprint density at radius 2 is 1.77 bits per heavy atom. The van der Waals surface area contributed by atoms with Crippen molar-refractivity contribution in [2.24, 2.45) is 0 Å². The molecule has 1 atom stereocenters. The standard InChI is InChI=1S/C18H30O4/c1-2-3-4-5-8-11-14-17(22-21)15-12-9-6-7-10-13-16-18(19)20/h6,8-9,11-12,15,17,21H,2-5,7,10,13-14,16H2,1H3,(H,19,20)/b9-6-,11-8-,15-12+/t17-/m1/s1. The molecule has 0 aromatic heterocycles. The Hall–Kier alpha value is -1.39. The van der Waals surface area contributed by atoms with Gasteiger partial charge in [0.1, 0.15) is 6.10 Å². The second kappa shape index (κ2) is 16.0. The van der Waals surface area contributed by atoms with Gasteiger partial charge in [-0.1, -0.05) is 56.2 Å². The van der Waals surface area contributed by atoms with Crippen LogP contribution >= 0.6 is 0 Å². The summed E-state index contributed by atoms with van der Waals surface area (Å²) in [7, 11) is 0. The minimum atomic E-state index is -0.741. The summed E-state index contributed by atoms with van der Waals surface area (Å²) in [6, 6.07) is 0. The highest BCUT2D eigenvalue weighted by atomic mass is 17.1. The van der Waals surface area contributed by atoms with Crippen LogP contribution in [0.3, 0.4) is 0 Å². The van der Waals surface area contributed by atoms with Crippen LogP contribution in [0.5, 0.6) is 0 Å². The molecule has 0 aromatic rings. The van der Waals surface area contributed by atoms with Crippen molar-refractivity contribution in [3.8, 4) is 0 Å². The van der Waals surface area contributed by atoms with Gasteiger partial charge in [-0.2, -0.15) is 0 Å². The molecule has 4 nitrogen and oxygen atoms in total. The zero-order valence-electron chi connectivity index (χ0n) is 13.6. The highest BCUT2D eigenvalue weighted by Crippen LogP contribution is 2.05. The average Bonchev–Trinajstić information content (AvgIpc) is 2.50. The highest BCUT2D eigenvalue weighted by Gasteiger charge is 2.00. The van der Waals surface area contributed by atoms with E-state index in [4.69, 9.17) is 10.4 Å². The first-order chi connectivity index (χ1) is 10.7. The molecule has 0 aliphatic heterocycles. The molecule has 0 fully saturated rings. The van der Waals surface area contributed by atoms with Crippen LogP contribution in [0.2, 0.25) is 0 Å². The minimum Gasteiger partial charge on any atom is -0.481 e. The Kier molecular flexibility index (Phi) is 15.0. The molecule has 0 heterocycles. The van der Waals surface area contributed by atoms with E-state index in [1.807, 2.05) is 30.4 Å². The van der Waals surface area contributed by atoms with Crippen molar-refractivity contribution in [1.29, 1.82) is 0 Å². The summed E-state index contributed by atoms with van der Waals surface area (Å²) in [5.41, 5.74) is 0. The Labute approximate surface area is 134 Å². The molecule has 0 aromatic carbocycles. The van der Waals surface area contributed by atoms with Gasteiger partial charge in [0, 0.05) is 6.42 Å². The monoisotopic (exact) mass is 310 g/mol. The Morgan fingerprint density at radius 1 is 1.05 bits per heavy atom. The summed E-state index contributed by atoms with van der Waals surface area (Å²) in [4.78, 5) is 14.7. The van der Waals surface area contributed by atoms with Gasteiger partial charge in [-0.25, -0.2) is 4.89 Å². The second-order valence-corrected chi connectivity index (χ2v) is 5.30. The SMILES string of the molecule is CCCCC/C=C\C[C@H](/C=C/C=C\CCCCC(=O)O)OO. The maximum Gasteiger partial charge on any atom is 0.303 e. The van der Waals surface area contributed by atoms with Crippen LogP contribution in [0.15, 0.2) is 36.5 Å². The van der Waals surface area contributed by atoms with Gasteiger partial charge in [0.25, 0.3) is 0 Å². The molecule has 0 aliphatic rings. The lowest BCUT2D eigenvalue weighted by Crippen LogP contribution is -2.04. The van der Waals surface area contributed by atoms with Crippen molar-refractivity contribution in [3.05, 3.63) is 36.5 Å². The van der Waals surface area contributed by atoms with Crippen molar-refractivity contribution in [1.82, 2.24) is 0 Å². The summed E-state index contributed by atoms with van der Waals surface area (Å²) in [6.45, 7) is 2.18. The number of hydrogen-bond acceptors (Lipinski definition) is 3. The molecule has 0 bridgehead atoms. The third-order valence-corrected chi connectivity index (χ3v) is 3.23. The van der Waals surface area contributed by atoms with Crippen LogP contribution in [-0.2, 0) is 9.68 Å². The lowest BCUT2D eigenvalue weighted by molar-refractivity contribution is -0.264. The van der Waals surface area contributed by atoms with Crippen LogP contribution in [0.25, 0.3) is 0 Å². The van der Waals surface area contributed by atoms with Gasteiger partial charge in [0.2, 0.25) is 0 Å². The predicted octanol–water partition coefficient (Wildman–Crippen LogP) is 5.13. The summed E-state index contributed by atoms with van der Waals surface area (Å²) < 4.78 is 0. The van der Waals surface area contributed by atoms with Gasteiger partial charge in [0.15, 0.2) is 0 Å². The second-order valence-electron chi connectivity index (χ2n) is 5.30. The van der Waals surface area contributed by atoms with Crippen molar-refractivity contribution < 1.29 is 20.0 Å². The van der Waals surface area contributed by atoms with Crippen LogP contribution in [0, 0.1) is 0 Å². The molecular weight excluding hydrogens is 280 g/mol. The molecule has 0 saturated carbocycles. The number of carbonyl (C=O) groups is 1. The summed E-state index contributed by atoms with van der Waals surface area (Å²) >= 11 is 0. The fourth-order valence-corrected chi connectivity index (χ4v) is 1.92. The predicted molar refractivity (Wildman–Crippen MR) is 89.8 cm³/mol. The van der Waals surface area contributed by atoms with Gasteiger partial charge >= 0.3 is 5.97 Å². The Morgan fingerprint density at radius 3 is 2.45 bits per heavy atom. The molecule has 0 spiro atoms. The van der Waals surface area contributed by atoms with E-state index in [9.17, 15) is 4.79 Å². The Balaban J connectivity index is 3.74. The molecule has 2 N–H and O–H groups in total. The van der Waals surface area contributed by atoms with E-state index in [0.29, 0.717) is 12.8 Å². The minimum absolute atomic E-state index is 0.231. The van der Waals surface area contributed by atoms with Crippen molar-refractivity contribution >= 4 is 5.97 Å². The van der Waals surface area contributed by atoms with Crippen LogP contribution in [0.4, 0.5) is 0 Å². The number of unbranched alkanes of at least 4 members (excludes halogenated alkanes) is 5. The van der Waals surface area contributed by atoms with Gasteiger partial charge in [-0.05, 0) is 38.5 Å². The van der Waals surface area contributed by atoms with E-state index in [-0.39, 0.29) is 12.5 Å². The van der Waals surface area contributed by atoms with E-state index in [1.165, 1.54) is 19.3 Å². The highest BCUT2D eigenvalue weighted by molar-refractivity contribution is 5.66. The van der Waals surface area contributed by atoms with E-state index >= 15 is 0 Å². The fourth-order valence-electron chi connectivity index (χ4n) is 1.92. The van der Waals surface area contributed by atoms with Crippen LogP contribution < -0.4 is 0 Å². The summed E-state index contributed by atoms with van der Waals surface area (Å²) in [5, 5.41) is 17.3. The zero-order valence-corrected chi connectivity index (χ0v) is 13.6. The van der Waals surface area contributed by atoms with Crippen molar-refractivity contribution in [2.45, 2.75) is 70.8 Å². The first-order valence-electron chi connectivity index (χ1n) is 8.21. The van der Waals surface area contributed by atoms with Gasteiger partial charge < -0.3 is 5.11 Å². The number of allylic oxidation sites excluding steroid dienone is 4. The van der Waals surface area contributed by atoms with E-state index < -0.39 is 5.97 Å². The first kappa shape index (κ1) is 20.6. The van der Waals surface area contributed by atoms with E-state index in [1.54, 1.807) is 0 Å². The normalized spacial score (nSPS) is 13.5. The maximum atomic E-state index is 10.3. The molecular formula is C18H30O4. The maximum absolute atomic E-state index is 10.3. The van der Waals surface area contributed by atoms with Crippen LogP contribution in [0.1, 0.15) is 64.7 Å². The molecule has 22 heavy (non-hydrogen) atoms.